The first kappa shape index (κ1) is 31.7. The highest BCUT2D eigenvalue weighted by Crippen LogP contribution is 2.42. The highest BCUT2D eigenvalue weighted by atomic mass is 32.1. The van der Waals surface area contributed by atoms with Gasteiger partial charge in [-0.2, -0.15) is 5.26 Å². The maximum Gasteiger partial charge on any atom is 0.303 e. The van der Waals surface area contributed by atoms with Gasteiger partial charge in [-0.3, -0.25) is 19.2 Å². The smallest absolute Gasteiger partial charge is 0.303 e. The normalized spacial score (nSPS) is 22.5. The van der Waals surface area contributed by atoms with Crippen LogP contribution in [0.2, 0.25) is 0 Å². The predicted molar refractivity (Wildman–Crippen MR) is 151 cm³/mol. The first-order chi connectivity index (χ1) is 20.5. The van der Waals surface area contributed by atoms with Crippen molar-refractivity contribution in [2.75, 3.05) is 13.7 Å². The summed E-state index contributed by atoms with van der Waals surface area (Å²) >= 11 is 5.90. The van der Waals surface area contributed by atoms with Gasteiger partial charge in [-0.05, 0) is 42.5 Å². The number of methoxy groups -OCH3 is 1. The van der Waals surface area contributed by atoms with Gasteiger partial charge < -0.3 is 33.0 Å². The lowest BCUT2D eigenvalue weighted by molar-refractivity contribution is -0.269. The number of nitriles is 1. The first-order valence-corrected chi connectivity index (χ1v) is 14.0. The summed E-state index contributed by atoms with van der Waals surface area (Å²) in [5.74, 6) is -2.17. The van der Waals surface area contributed by atoms with E-state index in [1.807, 2.05) is 12.1 Å². The number of ether oxygens (including phenoxy) is 6. The van der Waals surface area contributed by atoms with Crippen LogP contribution in [0.15, 0.2) is 24.3 Å². The Morgan fingerprint density at radius 3 is 2.09 bits per heavy atom. The molecule has 1 aromatic heterocycles. The molecular formula is C30H32N2O10S. The number of esters is 4. The molecule has 1 fully saturated rings. The summed E-state index contributed by atoms with van der Waals surface area (Å²) in [6.45, 7) is 4.30. The molecule has 2 aliphatic rings. The second-order valence-corrected chi connectivity index (χ2v) is 10.5. The molecule has 0 bridgehead atoms. The minimum absolute atomic E-state index is 0.106. The second-order valence-electron chi connectivity index (χ2n) is 10.1. The fraction of sp³-hybridized carbons (Fsp3) is 0.467. The van der Waals surface area contributed by atoms with Gasteiger partial charge in [-0.1, -0.05) is 24.4 Å². The third-order valence-electron chi connectivity index (χ3n) is 7.18. The number of carbonyl (C=O) groups excluding carboxylic acids is 4. The Balaban J connectivity index is 1.96. The molecule has 43 heavy (non-hydrogen) atoms. The van der Waals surface area contributed by atoms with Gasteiger partial charge >= 0.3 is 23.9 Å². The number of rotatable bonds is 8. The summed E-state index contributed by atoms with van der Waals surface area (Å²) in [5.41, 5.74) is 3.27. The number of benzene rings is 1. The molecule has 13 heteroatoms. The second kappa shape index (κ2) is 13.4. The molecule has 4 rings (SSSR count). The van der Waals surface area contributed by atoms with Gasteiger partial charge in [0, 0.05) is 39.0 Å². The fourth-order valence-corrected chi connectivity index (χ4v) is 5.99. The van der Waals surface area contributed by atoms with Crippen molar-refractivity contribution in [3.8, 4) is 22.9 Å². The Morgan fingerprint density at radius 1 is 0.930 bits per heavy atom. The average Bonchev–Trinajstić information content (AvgIpc) is 3.42. The zero-order valence-corrected chi connectivity index (χ0v) is 25.2. The molecular weight excluding hydrogens is 580 g/mol. The summed E-state index contributed by atoms with van der Waals surface area (Å²) in [7, 11) is 1.56. The summed E-state index contributed by atoms with van der Waals surface area (Å²) in [6.07, 6.45) is -4.49. The zero-order valence-electron chi connectivity index (χ0n) is 24.4. The van der Waals surface area contributed by atoms with Crippen LogP contribution in [-0.2, 0) is 55.7 Å². The van der Waals surface area contributed by atoms with E-state index in [0.29, 0.717) is 24.2 Å². The number of aromatic nitrogens is 1. The van der Waals surface area contributed by atoms with Crippen LogP contribution in [0, 0.1) is 16.0 Å². The molecule has 0 saturated carbocycles. The third-order valence-corrected chi connectivity index (χ3v) is 7.58. The van der Waals surface area contributed by atoms with Gasteiger partial charge in [0.05, 0.1) is 12.7 Å². The van der Waals surface area contributed by atoms with Crippen molar-refractivity contribution in [1.29, 1.82) is 5.26 Å². The fourth-order valence-electron chi connectivity index (χ4n) is 5.63. The standard InChI is InChI=1S/C30H32N2O10S/c1-15(33)38-14-24-26(39-16(2)34)27(40-17(3)35)28(41-18(4)36)29(42-24)32-23-8-6-7-21(23)25(22(13-31)30(32)43)19-9-11-20(37-5)12-10-19/h9-12,24,26-29H,6-8,14H2,1-5H3/t24-,26-,27-,28-,29+/m0/s1. The minimum atomic E-state index is -1.37. The largest absolute Gasteiger partial charge is 0.497 e. The summed E-state index contributed by atoms with van der Waals surface area (Å²) in [4.78, 5) is 48.5. The van der Waals surface area contributed by atoms with Crippen LogP contribution in [0.1, 0.15) is 57.2 Å². The molecule has 1 aromatic carbocycles. The van der Waals surface area contributed by atoms with Crippen LogP contribution in [0.3, 0.4) is 0 Å². The third kappa shape index (κ3) is 6.71. The maximum atomic E-state index is 12.4. The summed E-state index contributed by atoms with van der Waals surface area (Å²) in [5, 5.41) is 10.4. The Hall–Kier alpha value is -4.28. The van der Waals surface area contributed by atoms with Gasteiger partial charge in [0.2, 0.25) is 0 Å². The Kier molecular flexibility index (Phi) is 9.83. The maximum absolute atomic E-state index is 12.4. The number of hydrogen-bond acceptors (Lipinski definition) is 12. The zero-order chi connectivity index (χ0) is 31.4. The lowest BCUT2D eigenvalue weighted by atomic mass is 9.93. The number of hydrogen-bond donors (Lipinski definition) is 0. The van der Waals surface area contributed by atoms with Crippen molar-refractivity contribution >= 4 is 36.1 Å². The molecule has 0 spiro atoms. The van der Waals surface area contributed by atoms with Crippen molar-refractivity contribution in [2.45, 2.75) is 77.6 Å². The highest BCUT2D eigenvalue weighted by molar-refractivity contribution is 7.71. The minimum Gasteiger partial charge on any atom is -0.497 e. The first-order valence-electron chi connectivity index (χ1n) is 13.6. The lowest BCUT2D eigenvalue weighted by Crippen LogP contribution is -2.60. The van der Waals surface area contributed by atoms with Crippen LogP contribution in [-0.4, -0.2) is 66.6 Å². The molecule has 1 aliphatic carbocycles. The van der Waals surface area contributed by atoms with Gasteiger partial charge in [0.1, 0.15) is 29.2 Å². The SMILES string of the molecule is COc1ccc(-c2c3c(n([C@@H]4O[C@@H](COC(C)=O)[C@H](OC(C)=O)[C@H](OC(C)=O)[C@@H]4OC(C)=O)c(=S)c2C#N)CCC3)cc1. The molecule has 1 saturated heterocycles. The Bertz CT molecular complexity index is 1530. The van der Waals surface area contributed by atoms with Crippen molar-refractivity contribution in [3.63, 3.8) is 0 Å². The number of nitrogens with zero attached hydrogens (tertiary/aromatic N) is 2. The molecule has 2 aromatic rings. The van der Waals surface area contributed by atoms with E-state index in [1.54, 1.807) is 23.8 Å². The quantitative estimate of drug-likeness (QED) is 0.244. The van der Waals surface area contributed by atoms with E-state index >= 15 is 0 Å². The number of pyridine rings is 1. The number of carbonyl (C=O) groups is 4. The molecule has 0 unspecified atom stereocenters. The molecule has 0 amide bonds. The summed E-state index contributed by atoms with van der Waals surface area (Å²) in [6, 6.07) is 9.52. The lowest BCUT2D eigenvalue weighted by Gasteiger charge is -2.45. The van der Waals surface area contributed by atoms with E-state index in [2.05, 4.69) is 6.07 Å². The molecule has 2 heterocycles. The Morgan fingerprint density at radius 2 is 1.53 bits per heavy atom. The van der Waals surface area contributed by atoms with E-state index in [4.69, 9.17) is 40.6 Å². The van der Waals surface area contributed by atoms with E-state index in [9.17, 15) is 24.4 Å². The van der Waals surface area contributed by atoms with Crippen LogP contribution < -0.4 is 4.74 Å². The topological polar surface area (TPSA) is 152 Å². The van der Waals surface area contributed by atoms with Crippen LogP contribution in [0.25, 0.3) is 11.1 Å². The van der Waals surface area contributed by atoms with Crippen molar-refractivity contribution in [3.05, 3.63) is 45.7 Å². The van der Waals surface area contributed by atoms with E-state index in [0.717, 1.165) is 37.1 Å². The molecule has 5 atom stereocenters. The van der Waals surface area contributed by atoms with Crippen molar-refractivity contribution in [2.24, 2.45) is 0 Å². The van der Waals surface area contributed by atoms with E-state index < -0.39 is 54.5 Å². The molecule has 0 radical (unpaired) electrons. The van der Waals surface area contributed by atoms with Crippen molar-refractivity contribution in [1.82, 2.24) is 4.57 Å². The van der Waals surface area contributed by atoms with E-state index in [1.165, 1.54) is 13.8 Å². The molecule has 0 N–H and O–H groups in total. The van der Waals surface area contributed by atoms with E-state index in [-0.39, 0.29) is 16.8 Å². The molecule has 12 nitrogen and oxygen atoms in total. The van der Waals surface area contributed by atoms with Crippen LogP contribution >= 0.6 is 12.2 Å². The van der Waals surface area contributed by atoms with Gasteiger partial charge in [-0.15, -0.1) is 0 Å². The summed E-state index contributed by atoms with van der Waals surface area (Å²) < 4.78 is 35.4. The highest BCUT2D eigenvalue weighted by Gasteiger charge is 2.53. The van der Waals surface area contributed by atoms with Gasteiger partial charge in [-0.25, -0.2) is 0 Å². The van der Waals surface area contributed by atoms with Crippen LogP contribution in [0.5, 0.6) is 5.75 Å². The predicted octanol–water partition coefficient (Wildman–Crippen LogP) is 3.51. The van der Waals surface area contributed by atoms with Crippen molar-refractivity contribution < 1.29 is 47.6 Å². The van der Waals surface area contributed by atoms with Crippen LogP contribution in [0.4, 0.5) is 0 Å². The average molecular weight is 613 g/mol. The van der Waals surface area contributed by atoms with Gasteiger partial charge in [0.25, 0.3) is 0 Å². The monoisotopic (exact) mass is 612 g/mol. The van der Waals surface area contributed by atoms with Gasteiger partial charge in [0.15, 0.2) is 24.5 Å². The molecule has 1 aliphatic heterocycles. The molecule has 228 valence electrons. The Labute approximate surface area is 253 Å². The number of fused-ring (bicyclic) bond motifs is 1.